The van der Waals surface area contributed by atoms with Crippen molar-refractivity contribution in [1.82, 2.24) is 10.2 Å². The molecule has 0 saturated heterocycles. The van der Waals surface area contributed by atoms with Gasteiger partial charge in [-0.05, 0) is 50.1 Å². The van der Waals surface area contributed by atoms with Gasteiger partial charge < -0.3 is 0 Å². The van der Waals surface area contributed by atoms with Crippen LogP contribution in [0, 0.1) is 5.82 Å². The van der Waals surface area contributed by atoms with Crippen LogP contribution in [0.1, 0.15) is 0 Å². The monoisotopic (exact) mass is 336 g/mol. The summed E-state index contributed by atoms with van der Waals surface area (Å²) in [6.45, 7) is 0. The summed E-state index contributed by atoms with van der Waals surface area (Å²) in [5.74, 6) is -0.274. The summed E-state index contributed by atoms with van der Waals surface area (Å²) in [4.78, 5) is 0. The van der Waals surface area contributed by atoms with Crippen LogP contribution in [0.15, 0.2) is 26.6 Å². The van der Waals surface area contributed by atoms with Crippen LogP contribution >= 0.6 is 43.2 Å². The van der Waals surface area contributed by atoms with E-state index in [1.807, 2.05) is 0 Å². The number of hydrogen-bond acceptors (Lipinski definition) is 3. The molecule has 0 aliphatic carbocycles. The van der Waals surface area contributed by atoms with Gasteiger partial charge in [0.15, 0.2) is 3.92 Å². The van der Waals surface area contributed by atoms with Crippen molar-refractivity contribution in [3.05, 3.63) is 32.4 Å². The van der Waals surface area contributed by atoms with Crippen LogP contribution in [0.5, 0.6) is 0 Å². The summed E-state index contributed by atoms with van der Waals surface area (Å²) in [7, 11) is 0. The van der Waals surface area contributed by atoms with E-state index < -0.39 is 0 Å². The summed E-state index contributed by atoms with van der Waals surface area (Å²) in [5.41, 5.74) is 0.842. The third kappa shape index (κ3) is 2.02. The lowest BCUT2D eigenvalue weighted by atomic mass is 10.2. The van der Waals surface area contributed by atoms with E-state index in [4.69, 9.17) is 0 Å². The molecule has 1 aromatic carbocycles. The van der Waals surface area contributed by atoms with Crippen molar-refractivity contribution in [2.45, 2.75) is 0 Å². The summed E-state index contributed by atoms with van der Waals surface area (Å²) in [6.07, 6.45) is 0. The Morgan fingerprint density at radius 1 is 1.21 bits per heavy atom. The average molecular weight is 338 g/mol. The van der Waals surface area contributed by atoms with Crippen molar-refractivity contribution in [2.24, 2.45) is 0 Å². The lowest BCUT2D eigenvalue weighted by Crippen LogP contribution is -1.81. The van der Waals surface area contributed by atoms with Crippen LogP contribution in [0.4, 0.5) is 4.39 Å². The third-order valence-electron chi connectivity index (χ3n) is 1.56. The summed E-state index contributed by atoms with van der Waals surface area (Å²) < 4.78 is 14.2. The van der Waals surface area contributed by atoms with Crippen molar-refractivity contribution in [1.29, 1.82) is 0 Å². The highest BCUT2D eigenvalue weighted by Gasteiger charge is 2.08. The second kappa shape index (κ2) is 4.04. The smallest absolute Gasteiger partial charge is 0.183 e. The van der Waals surface area contributed by atoms with E-state index in [2.05, 4.69) is 42.1 Å². The molecule has 0 spiro atoms. The Bertz CT molecular complexity index is 472. The van der Waals surface area contributed by atoms with Gasteiger partial charge in [0.25, 0.3) is 0 Å². The Morgan fingerprint density at radius 3 is 2.57 bits per heavy atom. The van der Waals surface area contributed by atoms with Crippen molar-refractivity contribution in [3.8, 4) is 10.6 Å². The minimum absolute atomic E-state index is 0.274. The Labute approximate surface area is 100 Å². The number of nitrogens with zero attached hydrogens (tertiary/aromatic N) is 2. The molecule has 2 rings (SSSR count). The van der Waals surface area contributed by atoms with Gasteiger partial charge in [0, 0.05) is 10.0 Å². The van der Waals surface area contributed by atoms with Gasteiger partial charge in [0.2, 0.25) is 0 Å². The fourth-order valence-corrected chi connectivity index (χ4v) is 2.80. The molecule has 2 aromatic rings. The van der Waals surface area contributed by atoms with E-state index >= 15 is 0 Å². The zero-order chi connectivity index (χ0) is 10.1. The predicted molar refractivity (Wildman–Crippen MR) is 60.7 cm³/mol. The minimum atomic E-state index is -0.274. The maximum atomic E-state index is 12.8. The van der Waals surface area contributed by atoms with Gasteiger partial charge in [-0.25, -0.2) is 4.39 Å². The first-order valence-corrected chi connectivity index (χ1v) is 6.01. The summed E-state index contributed by atoms with van der Waals surface area (Å²) in [5, 5.41) is 8.53. The highest BCUT2D eigenvalue weighted by molar-refractivity contribution is 9.11. The summed E-state index contributed by atoms with van der Waals surface area (Å²) in [6, 6.07) is 4.48. The maximum absolute atomic E-state index is 12.8. The molecule has 0 N–H and O–H groups in total. The van der Waals surface area contributed by atoms with Crippen molar-refractivity contribution < 1.29 is 4.39 Å². The van der Waals surface area contributed by atoms with Gasteiger partial charge in [0.1, 0.15) is 10.8 Å². The third-order valence-corrected chi connectivity index (χ3v) is 3.61. The predicted octanol–water partition coefficient (Wildman–Crippen LogP) is 3.87. The molecule has 0 aliphatic heterocycles. The number of halogens is 3. The van der Waals surface area contributed by atoms with Gasteiger partial charge in [-0.3, -0.25) is 0 Å². The zero-order valence-electron chi connectivity index (χ0n) is 6.67. The van der Waals surface area contributed by atoms with Crippen LogP contribution in [0.25, 0.3) is 10.6 Å². The van der Waals surface area contributed by atoms with Crippen molar-refractivity contribution in [2.75, 3.05) is 0 Å². The van der Waals surface area contributed by atoms with Crippen molar-refractivity contribution >= 4 is 43.2 Å². The molecule has 1 aromatic heterocycles. The molecule has 0 unspecified atom stereocenters. The minimum Gasteiger partial charge on any atom is -0.207 e. The molecule has 0 bridgehead atoms. The molecule has 0 atom stereocenters. The Balaban J connectivity index is 2.52. The Kier molecular flexibility index (Phi) is 2.94. The van der Waals surface area contributed by atoms with E-state index in [0.29, 0.717) is 8.39 Å². The Morgan fingerprint density at radius 2 is 2.00 bits per heavy atom. The standard InChI is InChI=1S/C8H3Br2FN2S/c9-6-3-4(11)1-2-5(6)7-12-13-8(10)14-7/h1-3H. The van der Waals surface area contributed by atoms with Gasteiger partial charge in [-0.1, -0.05) is 11.3 Å². The second-order valence-corrected chi connectivity index (χ2v) is 5.59. The molecular formula is C8H3Br2FN2S. The average Bonchev–Trinajstić information content (AvgIpc) is 2.51. The number of benzene rings is 1. The van der Waals surface area contributed by atoms with Crippen molar-refractivity contribution in [3.63, 3.8) is 0 Å². The molecule has 0 fully saturated rings. The molecule has 0 aliphatic rings. The largest absolute Gasteiger partial charge is 0.207 e. The van der Waals surface area contributed by atoms with E-state index in [1.54, 1.807) is 6.07 Å². The highest BCUT2D eigenvalue weighted by Crippen LogP contribution is 2.32. The lowest BCUT2D eigenvalue weighted by molar-refractivity contribution is 0.627. The first-order valence-electron chi connectivity index (χ1n) is 3.61. The van der Waals surface area contributed by atoms with Gasteiger partial charge in [-0.15, -0.1) is 10.2 Å². The highest BCUT2D eigenvalue weighted by atomic mass is 79.9. The fourth-order valence-electron chi connectivity index (χ4n) is 0.977. The molecule has 72 valence electrons. The lowest BCUT2D eigenvalue weighted by Gasteiger charge is -1.98. The molecule has 0 saturated carbocycles. The van der Waals surface area contributed by atoms with Gasteiger partial charge >= 0.3 is 0 Å². The summed E-state index contributed by atoms with van der Waals surface area (Å²) >= 11 is 7.90. The SMILES string of the molecule is Fc1ccc(-c2nnc(Br)s2)c(Br)c1. The van der Waals surface area contributed by atoms with Crippen LogP contribution in [0.3, 0.4) is 0 Å². The zero-order valence-corrected chi connectivity index (χ0v) is 10.7. The van der Waals surface area contributed by atoms with E-state index in [9.17, 15) is 4.39 Å². The molecule has 1 heterocycles. The van der Waals surface area contributed by atoms with Crippen LogP contribution in [-0.4, -0.2) is 10.2 Å². The molecule has 6 heteroatoms. The number of aromatic nitrogens is 2. The molecule has 0 radical (unpaired) electrons. The van der Waals surface area contributed by atoms with E-state index in [1.165, 1.54) is 23.5 Å². The maximum Gasteiger partial charge on any atom is 0.183 e. The quantitative estimate of drug-likeness (QED) is 0.789. The van der Waals surface area contributed by atoms with Crippen LogP contribution in [-0.2, 0) is 0 Å². The molecule has 14 heavy (non-hydrogen) atoms. The normalized spacial score (nSPS) is 10.5. The van der Waals surface area contributed by atoms with Crippen LogP contribution < -0.4 is 0 Å². The Hall–Kier alpha value is -0.330. The van der Waals surface area contributed by atoms with E-state index in [0.717, 1.165) is 10.6 Å². The first-order chi connectivity index (χ1) is 6.66. The van der Waals surface area contributed by atoms with Gasteiger partial charge in [0.05, 0.1) is 0 Å². The first kappa shape index (κ1) is 10.2. The number of rotatable bonds is 1. The molecular weight excluding hydrogens is 335 g/mol. The topological polar surface area (TPSA) is 25.8 Å². The fraction of sp³-hybridized carbons (Fsp3) is 0. The van der Waals surface area contributed by atoms with Gasteiger partial charge in [-0.2, -0.15) is 0 Å². The van der Waals surface area contributed by atoms with Crippen LogP contribution in [0.2, 0.25) is 0 Å². The second-order valence-electron chi connectivity index (χ2n) is 2.48. The molecule has 0 amide bonds. The number of hydrogen-bond donors (Lipinski definition) is 0. The molecule has 2 nitrogen and oxygen atoms in total. The van der Waals surface area contributed by atoms with E-state index in [-0.39, 0.29) is 5.82 Å².